The highest BCUT2D eigenvalue weighted by Gasteiger charge is 2.43. The lowest BCUT2D eigenvalue weighted by Crippen LogP contribution is -2.56. The van der Waals surface area contributed by atoms with Crippen molar-refractivity contribution < 1.29 is 9.53 Å². The maximum absolute atomic E-state index is 12.9. The summed E-state index contributed by atoms with van der Waals surface area (Å²) in [7, 11) is 0. The molecule has 0 spiro atoms. The van der Waals surface area contributed by atoms with Gasteiger partial charge in [-0.05, 0) is 43.1 Å². The minimum absolute atomic E-state index is 0.144. The van der Waals surface area contributed by atoms with Crippen LogP contribution in [0.15, 0.2) is 43.0 Å². The van der Waals surface area contributed by atoms with Crippen LogP contribution in [0.4, 0.5) is 4.79 Å². The highest BCUT2D eigenvalue weighted by molar-refractivity contribution is 5.69. The van der Waals surface area contributed by atoms with Crippen LogP contribution >= 0.6 is 0 Å². The van der Waals surface area contributed by atoms with E-state index in [-0.39, 0.29) is 12.1 Å². The molecule has 4 atom stereocenters. The van der Waals surface area contributed by atoms with Crippen molar-refractivity contribution in [1.29, 1.82) is 0 Å². The molecule has 1 saturated carbocycles. The second kappa shape index (κ2) is 7.87. The Balaban J connectivity index is 1.72. The molecular formula is C21H29NO2. The summed E-state index contributed by atoms with van der Waals surface area (Å²) in [4.78, 5) is 15.0. The molecule has 0 bridgehead atoms. The molecule has 0 unspecified atom stereocenters. The van der Waals surface area contributed by atoms with E-state index < -0.39 is 0 Å². The van der Waals surface area contributed by atoms with Gasteiger partial charge in [0.25, 0.3) is 0 Å². The fourth-order valence-electron chi connectivity index (χ4n) is 4.58. The minimum atomic E-state index is -0.144. The molecule has 1 saturated heterocycles. The van der Waals surface area contributed by atoms with Gasteiger partial charge >= 0.3 is 6.09 Å². The molecule has 1 amide bonds. The van der Waals surface area contributed by atoms with Gasteiger partial charge in [0, 0.05) is 12.1 Å². The van der Waals surface area contributed by atoms with Crippen LogP contribution in [0.25, 0.3) is 0 Å². The third kappa shape index (κ3) is 3.66. The van der Waals surface area contributed by atoms with Crippen molar-refractivity contribution >= 4 is 6.09 Å². The molecule has 130 valence electrons. The van der Waals surface area contributed by atoms with Gasteiger partial charge in [-0.25, -0.2) is 4.79 Å². The molecule has 24 heavy (non-hydrogen) atoms. The number of likely N-dealkylation sites (tertiary alicyclic amines) is 1. The second-order valence-corrected chi connectivity index (χ2v) is 7.34. The molecule has 3 heteroatoms. The Labute approximate surface area is 145 Å². The van der Waals surface area contributed by atoms with Gasteiger partial charge in [-0.1, -0.05) is 56.2 Å². The molecule has 1 aliphatic carbocycles. The summed E-state index contributed by atoms with van der Waals surface area (Å²) in [5.41, 5.74) is 1.04. The minimum Gasteiger partial charge on any atom is -0.445 e. The number of carbonyl (C=O) groups excluding carboxylic acids is 1. The van der Waals surface area contributed by atoms with Crippen molar-refractivity contribution in [3.05, 3.63) is 48.6 Å². The van der Waals surface area contributed by atoms with Gasteiger partial charge in [-0.3, -0.25) is 0 Å². The van der Waals surface area contributed by atoms with Gasteiger partial charge < -0.3 is 9.64 Å². The summed E-state index contributed by atoms with van der Waals surface area (Å²) >= 11 is 0. The first-order chi connectivity index (χ1) is 11.7. The monoisotopic (exact) mass is 327 g/mol. The smallest absolute Gasteiger partial charge is 0.410 e. The average Bonchev–Trinajstić information content (AvgIpc) is 2.61. The van der Waals surface area contributed by atoms with E-state index in [1.807, 2.05) is 36.4 Å². The van der Waals surface area contributed by atoms with Crippen molar-refractivity contribution in [2.45, 2.75) is 64.1 Å². The first-order valence-corrected chi connectivity index (χ1v) is 9.30. The zero-order valence-corrected chi connectivity index (χ0v) is 14.7. The second-order valence-electron chi connectivity index (χ2n) is 7.34. The van der Waals surface area contributed by atoms with Gasteiger partial charge in [0.15, 0.2) is 0 Å². The van der Waals surface area contributed by atoms with E-state index in [0.717, 1.165) is 24.8 Å². The van der Waals surface area contributed by atoms with Crippen molar-refractivity contribution in [1.82, 2.24) is 4.90 Å². The molecule has 0 aromatic heterocycles. The number of piperidine rings is 1. The molecule has 0 N–H and O–H groups in total. The Hall–Kier alpha value is -1.77. The van der Waals surface area contributed by atoms with Gasteiger partial charge in [0.05, 0.1) is 0 Å². The fourth-order valence-corrected chi connectivity index (χ4v) is 4.58. The summed E-state index contributed by atoms with van der Waals surface area (Å²) < 4.78 is 5.68. The predicted octanol–water partition coefficient (Wildman–Crippen LogP) is 5.17. The van der Waals surface area contributed by atoms with Crippen LogP contribution in [0.3, 0.4) is 0 Å². The predicted molar refractivity (Wildman–Crippen MR) is 96.6 cm³/mol. The third-order valence-corrected chi connectivity index (χ3v) is 5.82. The maximum atomic E-state index is 12.9. The van der Waals surface area contributed by atoms with Crippen LogP contribution in [0.1, 0.15) is 51.0 Å². The summed E-state index contributed by atoms with van der Waals surface area (Å²) in [6.45, 7) is 6.58. The van der Waals surface area contributed by atoms with Crippen LogP contribution in [-0.4, -0.2) is 23.1 Å². The molecule has 1 heterocycles. The first-order valence-electron chi connectivity index (χ1n) is 9.30. The highest BCUT2D eigenvalue weighted by Crippen LogP contribution is 2.42. The summed E-state index contributed by atoms with van der Waals surface area (Å²) in [6, 6.07) is 10.5. The van der Waals surface area contributed by atoms with Crippen molar-refractivity contribution in [3.63, 3.8) is 0 Å². The molecule has 3 nitrogen and oxygen atoms in total. The van der Waals surface area contributed by atoms with Crippen LogP contribution in [0.5, 0.6) is 0 Å². The van der Waals surface area contributed by atoms with Gasteiger partial charge in [-0.15, -0.1) is 6.58 Å². The molecule has 2 fully saturated rings. The van der Waals surface area contributed by atoms with Gasteiger partial charge in [0.1, 0.15) is 6.61 Å². The maximum Gasteiger partial charge on any atom is 0.410 e. The van der Waals surface area contributed by atoms with Crippen molar-refractivity contribution in [2.24, 2.45) is 11.8 Å². The topological polar surface area (TPSA) is 29.5 Å². The van der Waals surface area contributed by atoms with Crippen LogP contribution in [-0.2, 0) is 11.3 Å². The van der Waals surface area contributed by atoms with Crippen molar-refractivity contribution in [2.75, 3.05) is 0 Å². The molecule has 2 aliphatic rings. The van der Waals surface area contributed by atoms with Gasteiger partial charge in [-0.2, -0.15) is 0 Å². The zero-order valence-electron chi connectivity index (χ0n) is 14.7. The van der Waals surface area contributed by atoms with Crippen LogP contribution < -0.4 is 0 Å². The number of ether oxygens (including phenoxy) is 1. The lowest BCUT2D eigenvalue weighted by molar-refractivity contribution is -0.0110. The number of amides is 1. The molecule has 0 radical (unpaired) electrons. The third-order valence-electron chi connectivity index (χ3n) is 5.82. The van der Waals surface area contributed by atoms with E-state index in [4.69, 9.17) is 4.74 Å². The number of benzene rings is 1. The quantitative estimate of drug-likeness (QED) is 0.714. The highest BCUT2D eigenvalue weighted by atomic mass is 16.6. The standard InChI is InChI=1S/C21H29NO2/c1-3-8-18-13-14-19-16(2)9-7-12-20(19)22(18)21(23)24-15-17-10-5-4-6-11-17/h3-6,10-11,16,18-20H,1,7-9,12-15H2,2H3/t16-,18+,19+,20-/m1/s1. The first kappa shape index (κ1) is 17.1. The number of fused-ring (bicyclic) bond motifs is 1. The van der Waals surface area contributed by atoms with E-state index in [1.54, 1.807) is 0 Å². The lowest BCUT2D eigenvalue weighted by Gasteiger charge is -2.50. The zero-order chi connectivity index (χ0) is 16.9. The number of rotatable bonds is 4. The van der Waals surface area contributed by atoms with Crippen LogP contribution in [0, 0.1) is 11.8 Å². The van der Waals surface area contributed by atoms with Crippen molar-refractivity contribution in [3.8, 4) is 0 Å². The molecule has 1 aliphatic heterocycles. The van der Waals surface area contributed by atoms with E-state index in [2.05, 4.69) is 18.4 Å². The Morgan fingerprint density at radius 1 is 1.25 bits per heavy atom. The molecule has 3 rings (SSSR count). The Kier molecular flexibility index (Phi) is 5.60. The molecular weight excluding hydrogens is 298 g/mol. The summed E-state index contributed by atoms with van der Waals surface area (Å²) in [5, 5.41) is 0. The van der Waals surface area contributed by atoms with Crippen LogP contribution in [0.2, 0.25) is 0 Å². The Morgan fingerprint density at radius 3 is 2.79 bits per heavy atom. The fraction of sp³-hybridized carbons (Fsp3) is 0.571. The SMILES string of the molecule is C=CC[C@H]1CC[C@H]2[C@H](C)CCC[C@H]2N1C(=O)OCc1ccccc1. The number of nitrogens with zero attached hydrogens (tertiary/aromatic N) is 1. The number of carbonyl (C=O) groups is 1. The Bertz CT molecular complexity index is 556. The number of hydrogen-bond acceptors (Lipinski definition) is 2. The summed E-state index contributed by atoms with van der Waals surface area (Å²) in [5.74, 6) is 1.34. The average molecular weight is 327 g/mol. The van der Waals surface area contributed by atoms with Gasteiger partial charge in [0.2, 0.25) is 0 Å². The largest absolute Gasteiger partial charge is 0.445 e. The van der Waals surface area contributed by atoms with E-state index in [0.29, 0.717) is 24.5 Å². The van der Waals surface area contributed by atoms with E-state index in [1.165, 1.54) is 19.3 Å². The van der Waals surface area contributed by atoms with E-state index >= 15 is 0 Å². The normalized spacial score (nSPS) is 29.6. The lowest BCUT2D eigenvalue weighted by atomic mass is 9.70. The summed E-state index contributed by atoms with van der Waals surface area (Å²) in [6.07, 6.45) is 8.57. The van der Waals surface area contributed by atoms with E-state index in [9.17, 15) is 4.79 Å². The molecule has 1 aromatic rings. The molecule has 1 aromatic carbocycles. The number of hydrogen-bond donors (Lipinski definition) is 0. The Morgan fingerprint density at radius 2 is 2.04 bits per heavy atom.